The van der Waals surface area contributed by atoms with Crippen molar-refractivity contribution in [2.45, 2.75) is 44.6 Å². The second-order valence-electron chi connectivity index (χ2n) is 10.4. The third-order valence-corrected chi connectivity index (χ3v) is 8.05. The van der Waals surface area contributed by atoms with E-state index in [0.29, 0.717) is 29.2 Å². The molecule has 5 rings (SSSR count). The van der Waals surface area contributed by atoms with Crippen molar-refractivity contribution >= 4 is 23.5 Å². The molecule has 0 bridgehead atoms. The largest absolute Gasteiger partial charge is 0.351 e. The summed E-state index contributed by atoms with van der Waals surface area (Å²) in [5.74, 6) is 1.58. The predicted octanol–water partition coefficient (Wildman–Crippen LogP) is 5.99. The molecule has 1 N–H and O–H groups in total. The molecule has 0 atom stereocenters. The Bertz CT molecular complexity index is 1190. The summed E-state index contributed by atoms with van der Waals surface area (Å²) in [6, 6.07) is 18.8. The molecule has 2 aromatic carbocycles. The van der Waals surface area contributed by atoms with Crippen LogP contribution in [0, 0.1) is 5.92 Å². The van der Waals surface area contributed by atoms with Gasteiger partial charge < -0.3 is 15.1 Å². The van der Waals surface area contributed by atoms with E-state index in [9.17, 15) is 4.79 Å². The van der Waals surface area contributed by atoms with Crippen molar-refractivity contribution < 1.29 is 4.79 Å². The maximum Gasteiger partial charge on any atom is 0.223 e. The van der Waals surface area contributed by atoms with E-state index in [-0.39, 0.29) is 6.04 Å². The van der Waals surface area contributed by atoms with E-state index in [1.807, 2.05) is 35.2 Å². The van der Waals surface area contributed by atoms with Crippen molar-refractivity contribution in [3.8, 4) is 22.4 Å². The number of hydrogen-bond acceptors (Lipinski definition) is 5. The number of hydrogen-bond donors (Lipinski definition) is 1. The molecule has 2 fully saturated rings. The van der Waals surface area contributed by atoms with Crippen LogP contribution in [-0.4, -0.2) is 64.9 Å². The van der Waals surface area contributed by atoms with Crippen LogP contribution in [0.15, 0.2) is 60.8 Å². The van der Waals surface area contributed by atoms with Crippen LogP contribution >= 0.6 is 11.6 Å². The molecule has 37 heavy (non-hydrogen) atoms. The van der Waals surface area contributed by atoms with Crippen LogP contribution in [0.5, 0.6) is 0 Å². The summed E-state index contributed by atoms with van der Waals surface area (Å²) >= 11 is 6.52. The van der Waals surface area contributed by atoms with E-state index in [4.69, 9.17) is 16.6 Å². The van der Waals surface area contributed by atoms with E-state index in [0.717, 1.165) is 67.8 Å². The van der Waals surface area contributed by atoms with E-state index < -0.39 is 0 Å². The Kier molecular flexibility index (Phi) is 8.37. The molecule has 2 aliphatic rings. The van der Waals surface area contributed by atoms with Crippen molar-refractivity contribution in [1.82, 2.24) is 19.8 Å². The lowest BCUT2D eigenvalue weighted by Gasteiger charge is -2.33. The first-order chi connectivity index (χ1) is 18.0. The number of likely N-dealkylation sites (tertiary alicyclic amines) is 2. The number of anilines is 1. The lowest BCUT2D eigenvalue weighted by Crippen LogP contribution is -2.42. The Hall–Kier alpha value is -2.96. The normalized spacial score (nSPS) is 17.6. The Morgan fingerprint density at radius 2 is 1.65 bits per heavy atom. The van der Waals surface area contributed by atoms with E-state index in [2.05, 4.69) is 46.5 Å². The fourth-order valence-electron chi connectivity index (χ4n) is 5.41. The van der Waals surface area contributed by atoms with Crippen LogP contribution in [0.2, 0.25) is 5.02 Å². The van der Waals surface area contributed by atoms with Gasteiger partial charge in [-0.25, -0.2) is 9.97 Å². The number of amides is 1. The third kappa shape index (κ3) is 6.68. The maximum atomic E-state index is 12.8. The average molecular weight is 518 g/mol. The molecule has 7 heteroatoms. The topological polar surface area (TPSA) is 61.4 Å². The number of benzene rings is 2. The predicted molar refractivity (Wildman–Crippen MR) is 151 cm³/mol. The lowest BCUT2D eigenvalue weighted by molar-refractivity contribution is -0.132. The van der Waals surface area contributed by atoms with Crippen LogP contribution in [0.3, 0.4) is 0 Å². The fraction of sp³-hybridized carbons (Fsp3) is 0.433. The van der Waals surface area contributed by atoms with Gasteiger partial charge in [-0.1, -0.05) is 60.1 Å². The first kappa shape index (κ1) is 25.7. The van der Waals surface area contributed by atoms with Crippen molar-refractivity contribution in [2.24, 2.45) is 5.92 Å². The quantitative estimate of drug-likeness (QED) is 0.417. The molecule has 0 spiro atoms. The number of piperidine rings is 2. The van der Waals surface area contributed by atoms with Crippen molar-refractivity contribution in [3.63, 3.8) is 0 Å². The Morgan fingerprint density at radius 3 is 2.41 bits per heavy atom. The number of nitrogens with one attached hydrogen (secondary N) is 1. The number of rotatable bonds is 7. The molecule has 0 unspecified atom stereocenters. The zero-order valence-corrected chi connectivity index (χ0v) is 22.3. The van der Waals surface area contributed by atoms with Gasteiger partial charge in [0.1, 0.15) is 0 Å². The van der Waals surface area contributed by atoms with Gasteiger partial charge in [0.25, 0.3) is 0 Å². The third-order valence-electron chi connectivity index (χ3n) is 7.77. The summed E-state index contributed by atoms with van der Waals surface area (Å²) in [6.07, 6.45) is 7.60. The number of carbonyl (C=O) groups is 1. The van der Waals surface area contributed by atoms with Crippen LogP contribution in [-0.2, 0) is 4.79 Å². The minimum absolute atomic E-state index is 0.239. The zero-order valence-electron chi connectivity index (χ0n) is 21.6. The second kappa shape index (κ2) is 12.1. The molecule has 194 valence electrons. The molecular weight excluding hydrogens is 482 g/mol. The van der Waals surface area contributed by atoms with Crippen LogP contribution in [0.1, 0.15) is 38.5 Å². The second-order valence-corrected chi connectivity index (χ2v) is 10.8. The van der Waals surface area contributed by atoms with Gasteiger partial charge in [-0.15, -0.1) is 0 Å². The summed E-state index contributed by atoms with van der Waals surface area (Å²) in [7, 11) is 2.18. The summed E-state index contributed by atoms with van der Waals surface area (Å²) in [6.45, 7) is 3.87. The van der Waals surface area contributed by atoms with Gasteiger partial charge in [-0.05, 0) is 75.4 Å². The van der Waals surface area contributed by atoms with Gasteiger partial charge in [-0.3, -0.25) is 4.79 Å². The zero-order chi connectivity index (χ0) is 25.6. The number of carbonyl (C=O) groups excluding carboxylic acids is 1. The molecule has 0 aliphatic carbocycles. The van der Waals surface area contributed by atoms with Crippen LogP contribution in [0.4, 0.5) is 5.95 Å². The highest BCUT2D eigenvalue weighted by atomic mass is 35.5. The van der Waals surface area contributed by atoms with Gasteiger partial charge in [-0.2, -0.15) is 0 Å². The smallest absolute Gasteiger partial charge is 0.223 e. The minimum Gasteiger partial charge on any atom is -0.351 e. The molecular formula is C30H36ClN5O. The first-order valence-electron chi connectivity index (χ1n) is 13.5. The van der Waals surface area contributed by atoms with Crippen molar-refractivity contribution in [2.75, 3.05) is 38.5 Å². The van der Waals surface area contributed by atoms with Crippen molar-refractivity contribution in [1.29, 1.82) is 0 Å². The summed E-state index contributed by atoms with van der Waals surface area (Å²) in [5, 5.41) is 4.02. The minimum atomic E-state index is 0.239. The number of halogens is 1. The number of nitrogens with zero attached hydrogens (tertiary/aromatic N) is 4. The monoisotopic (exact) mass is 517 g/mol. The average Bonchev–Trinajstić information content (AvgIpc) is 2.94. The standard InChI is InChI=1S/C30H36ClN5O/c1-35-16-12-22(13-17-35)10-11-28(37)36-18-14-26(15-19-36)33-30-32-21-27(31)29(34-30)25-9-5-8-24(20-25)23-6-3-2-4-7-23/h2-9,20-22,26H,10-19H2,1H3,(H,32,33,34). The summed E-state index contributed by atoms with van der Waals surface area (Å²) in [4.78, 5) is 26.4. The summed E-state index contributed by atoms with van der Waals surface area (Å²) in [5.41, 5.74) is 3.95. The molecule has 6 nitrogen and oxygen atoms in total. The first-order valence-corrected chi connectivity index (χ1v) is 13.8. The SMILES string of the molecule is CN1CCC(CCC(=O)N2CCC(Nc3ncc(Cl)c(-c4cccc(-c5ccccc5)c4)n3)CC2)CC1. The molecule has 1 amide bonds. The fourth-order valence-corrected chi connectivity index (χ4v) is 5.61. The molecule has 0 saturated carbocycles. The molecule has 3 heterocycles. The van der Waals surface area contributed by atoms with Gasteiger partial charge in [0.15, 0.2) is 0 Å². The molecule has 2 aliphatic heterocycles. The van der Waals surface area contributed by atoms with Crippen LogP contribution in [0.25, 0.3) is 22.4 Å². The highest BCUT2D eigenvalue weighted by Crippen LogP contribution is 2.30. The van der Waals surface area contributed by atoms with Crippen LogP contribution < -0.4 is 5.32 Å². The number of aromatic nitrogens is 2. The van der Waals surface area contributed by atoms with Gasteiger partial charge >= 0.3 is 0 Å². The van der Waals surface area contributed by atoms with E-state index in [1.165, 1.54) is 12.8 Å². The van der Waals surface area contributed by atoms with Gasteiger partial charge in [0.2, 0.25) is 11.9 Å². The van der Waals surface area contributed by atoms with Gasteiger partial charge in [0.05, 0.1) is 16.9 Å². The van der Waals surface area contributed by atoms with Crippen molar-refractivity contribution in [3.05, 3.63) is 65.8 Å². The highest BCUT2D eigenvalue weighted by molar-refractivity contribution is 6.32. The Labute approximate surface area is 225 Å². The molecule has 0 radical (unpaired) electrons. The molecule has 3 aromatic rings. The van der Waals surface area contributed by atoms with E-state index >= 15 is 0 Å². The Morgan fingerprint density at radius 1 is 0.946 bits per heavy atom. The van der Waals surface area contributed by atoms with E-state index in [1.54, 1.807) is 6.20 Å². The maximum absolute atomic E-state index is 12.8. The summed E-state index contributed by atoms with van der Waals surface area (Å²) < 4.78 is 0. The molecule has 2 saturated heterocycles. The Balaban J connectivity index is 1.16. The molecule has 1 aromatic heterocycles. The highest BCUT2D eigenvalue weighted by Gasteiger charge is 2.25. The van der Waals surface area contributed by atoms with Gasteiger partial charge in [0, 0.05) is 31.1 Å². The lowest BCUT2D eigenvalue weighted by atomic mass is 9.92.